The van der Waals surface area contributed by atoms with Gasteiger partial charge in [0.05, 0.1) is 5.56 Å². The molecule has 0 fully saturated rings. The molecule has 0 aliphatic carbocycles. The second-order valence-corrected chi connectivity index (χ2v) is 4.05. The smallest absolute Gasteiger partial charge is 0.257 e. The molecule has 0 unspecified atom stereocenters. The predicted octanol–water partition coefficient (Wildman–Crippen LogP) is 2.60. The van der Waals surface area contributed by atoms with E-state index < -0.39 is 5.82 Å². The molecular formula is C10H11BrFNO. The normalized spacial score (nSPS) is 10.1. The molecular weight excluding hydrogens is 249 g/mol. The highest BCUT2D eigenvalue weighted by Crippen LogP contribution is 2.24. The van der Waals surface area contributed by atoms with Crippen LogP contribution in [0.4, 0.5) is 4.39 Å². The first kappa shape index (κ1) is 11.2. The number of carbonyl (C=O) groups excluding carboxylic acids is 1. The SMILES string of the molecule is Cc1ccc(F)c(C(=O)N(C)C)c1Br. The van der Waals surface area contributed by atoms with E-state index in [1.165, 1.54) is 11.0 Å². The van der Waals surface area contributed by atoms with Crippen molar-refractivity contribution >= 4 is 21.8 Å². The van der Waals surface area contributed by atoms with Gasteiger partial charge in [-0.1, -0.05) is 6.07 Å². The van der Waals surface area contributed by atoms with Gasteiger partial charge >= 0.3 is 0 Å². The summed E-state index contributed by atoms with van der Waals surface area (Å²) in [6.07, 6.45) is 0. The molecule has 14 heavy (non-hydrogen) atoms. The van der Waals surface area contributed by atoms with Crippen molar-refractivity contribution < 1.29 is 9.18 Å². The van der Waals surface area contributed by atoms with Crippen LogP contribution in [0.15, 0.2) is 16.6 Å². The van der Waals surface area contributed by atoms with Crippen LogP contribution >= 0.6 is 15.9 Å². The Hall–Kier alpha value is -0.900. The van der Waals surface area contributed by atoms with Gasteiger partial charge in [-0.15, -0.1) is 0 Å². The van der Waals surface area contributed by atoms with Crippen LogP contribution in [0.25, 0.3) is 0 Å². The van der Waals surface area contributed by atoms with Crippen LogP contribution in [0.5, 0.6) is 0 Å². The first-order valence-electron chi connectivity index (χ1n) is 4.11. The highest BCUT2D eigenvalue weighted by molar-refractivity contribution is 9.10. The number of aryl methyl sites for hydroxylation is 1. The molecule has 76 valence electrons. The number of halogens is 2. The predicted molar refractivity (Wildman–Crippen MR) is 56.9 cm³/mol. The third-order valence-electron chi connectivity index (χ3n) is 1.90. The molecule has 0 N–H and O–H groups in total. The summed E-state index contributed by atoms with van der Waals surface area (Å²) in [5, 5.41) is 0. The van der Waals surface area contributed by atoms with Gasteiger partial charge in [-0.3, -0.25) is 4.79 Å². The number of hydrogen-bond acceptors (Lipinski definition) is 1. The van der Waals surface area contributed by atoms with Gasteiger partial charge < -0.3 is 4.90 Å². The maximum atomic E-state index is 13.4. The second-order valence-electron chi connectivity index (χ2n) is 3.25. The fourth-order valence-corrected chi connectivity index (χ4v) is 1.57. The average molecular weight is 260 g/mol. The van der Waals surface area contributed by atoms with Crippen molar-refractivity contribution in [2.24, 2.45) is 0 Å². The highest BCUT2D eigenvalue weighted by atomic mass is 79.9. The van der Waals surface area contributed by atoms with E-state index in [1.54, 1.807) is 20.2 Å². The first-order valence-corrected chi connectivity index (χ1v) is 4.90. The number of amides is 1. The minimum atomic E-state index is -0.499. The molecule has 0 bridgehead atoms. The quantitative estimate of drug-likeness (QED) is 0.760. The lowest BCUT2D eigenvalue weighted by molar-refractivity contribution is 0.0822. The summed E-state index contributed by atoms with van der Waals surface area (Å²) < 4.78 is 13.9. The maximum absolute atomic E-state index is 13.4. The largest absolute Gasteiger partial charge is 0.345 e. The van der Waals surface area contributed by atoms with E-state index in [0.29, 0.717) is 4.47 Å². The van der Waals surface area contributed by atoms with Crippen molar-refractivity contribution in [3.63, 3.8) is 0 Å². The molecule has 0 radical (unpaired) electrons. The van der Waals surface area contributed by atoms with Crippen molar-refractivity contribution in [3.05, 3.63) is 33.5 Å². The summed E-state index contributed by atoms with van der Waals surface area (Å²) in [6.45, 7) is 1.82. The van der Waals surface area contributed by atoms with Crippen LogP contribution in [0.3, 0.4) is 0 Å². The Bertz CT molecular complexity index is 377. The standard InChI is InChI=1S/C10H11BrFNO/c1-6-4-5-7(12)8(9(6)11)10(14)13(2)3/h4-5H,1-3H3. The van der Waals surface area contributed by atoms with Crippen LogP contribution in [-0.2, 0) is 0 Å². The van der Waals surface area contributed by atoms with Crippen molar-refractivity contribution in [1.82, 2.24) is 4.90 Å². The van der Waals surface area contributed by atoms with Gasteiger partial charge in [0.15, 0.2) is 0 Å². The van der Waals surface area contributed by atoms with Gasteiger partial charge in [0, 0.05) is 18.6 Å². The van der Waals surface area contributed by atoms with E-state index in [4.69, 9.17) is 0 Å². The zero-order valence-electron chi connectivity index (χ0n) is 8.27. The minimum Gasteiger partial charge on any atom is -0.345 e. The molecule has 0 aromatic heterocycles. The van der Waals surface area contributed by atoms with Crippen molar-refractivity contribution in [2.45, 2.75) is 6.92 Å². The Kier molecular flexibility index (Phi) is 3.26. The van der Waals surface area contributed by atoms with Crippen LogP contribution < -0.4 is 0 Å². The fraction of sp³-hybridized carbons (Fsp3) is 0.300. The minimum absolute atomic E-state index is 0.0926. The maximum Gasteiger partial charge on any atom is 0.257 e. The van der Waals surface area contributed by atoms with E-state index in [2.05, 4.69) is 15.9 Å². The third-order valence-corrected chi connectivity index (χ3v) is 2.93. The van der Waals surface area contributed by atoms with Gasteiger partial charge in [0.2, 0.25) is 0 Å². The molecule has 1 rings (SSSR count). The Labute approximate surface area is 90.8 Å². The number of nitrogens with zero attached hydrogens (tertiary/aromatic N) is 1. The Morgan fingerprint density at radius 3 is 2.50 bits per heavy atom. The lowest BCUT2D eigenvalue weighted by Crippen LogP contribution is -2.23. The second kappa shape index (κ2) is 4.09. The zero-order chi connectivity index (χ0) is 10.9. The van der Waals surface area contributed by atoms with E-state index in [1.807, 2.05) is 6.92 Å². The average Bonchev–Trinajstić information content (AvgIpc) is 2.12. The Morgan fingerprint density at radius 2 is 2.00 bits per heavy atom. The summed E-state index contributed by atoms with van der Waals surface area (Å²) in [6, 6.07) is 2.93. The number of benzene rings is 1. The van der Waals surface area contributed by atoms with Gasteiger partial charge in [-0.2, -0.15) is 0 Å². The van der Waals surface area contributed by atoms with E-state index >= 15 is 0 Å². The molecule has 0 aliphatic heterocycles. The van der Waals surface area contributed by atoms with Gasteiger partial charge in [-0.25, -0.2) is 4.39 Å². The Balaban J connectivity index is 3.33. The van der Waals surface area contributed by atoms with E-state index in [0.717, 1.165) is 5.56 Å². The van der Waals surface area contributed by atoms with Crippen LogP contribution in [0, 0.1) is 12.7 Å². The van der Waals surface area contributed by atoms with Gasteiger partial charge in [0.25, 0.3) is 5.91 Å². The Morgan fingerprint density at radius 1 is 1.43 bits per heavy atom. The lowest BCUT2D eigenvalue weighted by atomic mass is 10.1. The van der Waals surface area contributed by atoms with Crippen LogP contribution in [-0.4, -0.2) is 24.9 Å². The van der Waals surface area contributed by atoms with Gasteiger partial charge in [0.1, 0.15) is 5.82 Å². The molecule has 0 atom stereocenters. The molecule has 1 amide bonds. The van der Waals surface area contributed by atoms with Gasteiger partial charge in [-0.05, 0) is 34.5 Å². The zero-order valence-corrected chi connectivity index (χ0v) is 9.85. The van der Waals surface area contributed by atoms with Crippen molar-refractivity contribution in [3.8, 4) is 0 Å². The van der Waals surface area contributed by atoms with Crippen LogP contribution in [0.1, 0.15) is 15.9 Å². The molecule has 1 aromatic rings. The molecule has 0 heterocycles. The summed E-state index contributed by atoms with van der Waals surface area (Å²) in [5.41, 5.74) is 0.937. The summed E-state index contributed by atoms with van der Waals surface area (Å²) in [4.78, 5) is 12.9. The molecule has 4 heteroatoms. The van der Waals surface area contributed by atoms with Crippen LogP contribution in [0.2, 0.25) is 0 Å². The monoisotopic (exact) mass is 259 g/mol. The molecule has 1 aromatic carbocycles. The third kappa shape index (κ3) is 1.95. The highest BCUT2D eigenvalue weighted by Gasteiger charge is 2.18. The molecule has 0 spiro atoms. The summed E-state index contributed by atoms with van der Waals surface area (Å²) in [7, 11) is 3.19. The molecule has 0 aliphatic rings. The number of hydrogen-bond donors (Lipinski definition) is 0. The summed E-state index contributed by atoms with van der Waals surface area (Å²) in [5.74, 6) is -0.834. The van der Waals surface area contributed by atoms with E-state index in [9.17, 15) is 9.18 Å². The number of carbonyl (C=O) groups is 1. The summed E-state index contributed by atoms with van der Waals surface area (Å²) >= 11 is 3.21. The van der Waals surface area contributed by atoms with Crippen molar-refractivity contribution in [2.75, 3.05) is 14.1 Å². The topological polar surface area (TPSA) is 20.3 Å². The van der Waals surface area contributed by atoms with Crippen molar-refractivity contribution in [1.29, 1.82) is 0 Å². The molecule has 2 nitrogen and oxygen atoms in total. The fourth-order valence-electron chi connectivity index (χ4n) is 1.08. The number of rotatable bonds is 1. The molecule has 0 saturated heterocycles. The lowest BCUT2D eigenvalue weighted by Gasteiger charge is -2.13. The first-order chi connectivity index (χ1) is 6.45. The molecule has 0 saturated carbocycles. The van der Waals surface area contributed by atoms with E-state index in [-0.39, 0.29) is 11.5 Å².